The van der Waals surface area contributed by atoms with Crippen LogP contribution in [0.5, 0.6) is 0 Å². The summed E-state index contributed by atoms with van der Waals surface area (Å²) in [6.07, 6.45) is 9.22. The summed E-state index contributed by atoms with van der Waals surface area (Å²) in [5.74, 6) is 0.0345. The van der Waals surface area contributed by atoms with Gasteiger partial charge >= 0.3 is 17.9 Å². The molecule has 26 heavy (non-hydrogen) atoms. The smallest absolute Gasteiger partial charge is 0.339 e. The second kappa shape index (κ2) is 8.80. The van der Waals surface area contributed by atoms with Crippen molar-refractivity contribution >= 4 is 17.9 Å². The van der Waals surface area contributed by atoms with Crippen molar-refractivity contribution in [2.24, 2.45) is 0 Å². The maximum Gasteiger partial charge on any atom is 0.339 e. The van der Waals surface area contributed by atoms with Crippen LogP contribution in [0.4, 0.5) is 0 Å². The van der Waals surface area contributed by atoms with Gasteiger partial charge in [-0.1, -0.05) is 13.2 Å². The maximum absolute atomic E-state index is 12.2. The predicted molar refractivity (Wildman–Crippen MR) is 94.1 cm³/mol. The van der Waals surface area contributed by atoms with E-state index in [0.717, 1.165) is 6.08 Å². The highest BCUT2D eigenvalue weighted by molar-refractivity contribution is 5.90. The molecule has 0 N–H and O–H groups in total. The van der Waals surface area contributed by atoms with E-state index in [1.54, 1.807) is 31.2 Å². The Balaban J connectivity index is 1.92. The Morgan fingerprint density at radius 3 is 1.92 bits per heavy atom. The molecule has 0 atom stereocenters. The van der Waals surface area contributed by atoms with E-state index in [4.69, 9.17) is 14.2 Å². The fourth-order valence-corrected chi connectivity index (χ4v) is 2.20. The summed E-state index contributed by atoms with van der Waals surface area (Å²) in [5, 5.41) is 0. The first-order valence-corrected chi connectivity index (χ1v) is 8.12. The third-order valence-corrected chi connectivity index (χ3v) is 3.64. The van der Waals surface area contributed by atoms with Crippen molar-refractivity contribution in [2.75, 3.05) is 0 Å². The lowest BCUT2D eigenvalue weighted by atomic mass is 10.0. The molecular formula is C20H20O6. The zero-order valence-corrected chi connectivity index (χ0v) is 14.6. The highest BCUT2D eigenvalue weighted by atomic mass is 16.5. The zero-order valence-electron chi connectivity index (χ0n) is 14.6. The van der Waals surface area contributed by atoms with E-state index in [-0.39, 0.29) is 0 Å². The molecule has 0 aromatic heterocycles. The molecule has 2 rings (SSSR count). The molecule has 0 fully saturated rings. The zero-order chi connectivity index (χ0) is 19.1. The molecule has 136 valence electrons. The fraction of sp³-hybridized carbons (Fsp3) is 0.250. The molecule has 0 aliphatic heterocycles. The van der Waals surface area contributed by atoms with Gasteiger partial charge in [0.05, 0.1) is 0 Å². The molecule has 0 radical (unpaired) electrons. The van der Waals surface area contributed by atoms with E-state index in [9.17, 15) is 14.4 Å². The molecule has 0 amide bonds. The van der Waals surface area contributed by atoms with Crippen molar-refractivity contribution in [1.82, 2.24) is 0 Å². The minimum atomic E-state index is -0.521. The quantitative estimate of drug-likeness (QED) is 0.411. The summed E-state index contributed by atoms with van der Waals surface area (Å²) in [5.41, 5.74) is 0.810. The Hall–Kier alpha value is -3.15. The third kappa shape index (κ3) is 5.44. The van der Waals surface area contributed by atoms with Crippen LogP contribution in [0.2, 0.25) is 0 Å². The molecule has 2 aliphatic carbocycles. The van der Waals surface area contributed by atoms with Crippen molar-refractivity contribution in [2.45, 2.75) is 32.6 Å². The number of rotatable bonds is 6. The van der Waals surface area contributed by atoms with E-state index >= 15 is 0 Å². The van der Waals surface area contributed by atoms with E-state index in [0.29, 0.717) is 54.1 Å². The highest BCUT2D eigenvalue weighted by Crippen LogP contribution is 2.25. The number of hydrogen-bond donors (Lipinski definition) is 0. The number of carbonyl (C=O) groups is 3. The van der Waals surface area contributed by atoms with Gasteiger partial charge in [0.15, 0.2) is 0 Å². The third-order valence-electron chi connectivity index (χ3n) is 3.64. The molecule has 0 spiro atoms. The van der Waals surface area contributed by atoms with Crippen LogP contribution in [-0.2, 0) is 28.6 Å². The van der Waals surface area contributed by atoms with Crippen molar-refractivity contribution in [3.8, 4) is 0 Å². The molecule has 6 nitrogen and oxygen atoms in total. The topological polar surface area (TPSA) is 78.9 Å². The van der Waals surface area contributed by atoms with Crippen LogP contribution in [0.25, 0.3) is 0 Å². The van der Waals surface area contributed by atoms with Crippen molar-refractivity contribution < 1.29 is 28.6 Å². The van der Waals surface area contributed by atoms with E-state index < -0.39 is 17.9 Å². The standard InChI is InChI=1S/C20H20O6/c1-4-18(21)24-15-9-11-17(12-10-15)26-20(23)14-5-7-16(8-6-14)25-19(22)13(2)3/h4-5,7,9,11H,1-2,6,8,10,12H2,3H3. The fourth-order valence-electron chi connectivity index (χ4n) is 2.20. The van der Waals surface area contributed by atoms with Crippen molar-refractivity contribution in [3.05, 3.63) is 72.0 Å². The van der Waals surface area contributed by atoms with Gasteiger partial charge in [0.1, 0.15) is 17.3 Å². The number of ether oxygens (including phenoxy) is 3. The Bertz CT molecular complexity index is 776. The van der Waals surface area contributed by atoms with Gasteiger partial charge in [-0.15, -0.1) is 0 Å². The molecule has 0 bridgehead atoms. The molecule has 6 heteroatoms. The number of hydrogen-bond acceptors (Lipinski definition) is 6. The van der Waals surface area contributed by atoms with Crippen LogP contribution in [0, 0.1) is 0 Å². The highest BCUT2D eigenvalue weighted by Gasteiger charge is 2.20. The normalized spacial score (nSPS) is 16.2. The SMILES string of the molecule is C=CC(=O)OC1=CC=C(OC(=O)C2=CC=C(OC(=O)C(=C)C)CC2)CC1. The lowest BCUT2D eigenvalue weighted by molar-refractivity contribution is -0.136. The summed E-state index contributed by atoms with van der Waals surface area (Å²) in [6, 6.07) is 0. The molecule has 2 aliphatic rings. The molecule has 0 aromatic rings. The molecule has 0 aromatic carbocycles. The number of carbonyl (C=O) groups excluding carboxylic acids is 3. The summed E-state index contributed by atoms with van der Waals surface area (Å²) in [7, 11) is 0. The van der Waals surface area contributed by atoms with Crippen molar-refractivity contribution in [1.29, 1.82) is 0 Å². The lowest BCUT2D eigenvalue weighted by Crippen LogP contribution is -2.13. The van der Waals surface area contributed by atoms with Crippen molar-refractivity contribution in [3.63, 3.8) is 0 Å². The first-order chi connectivity index (χ1) is 12.4. The van der Waals surface area contributed by atoms with E-state index in [2.05, 4.69) is 13.2 Å². The maximum atomic E-state index is 12.2. The summed E-state index contributed by atoms with van der Waals surface area (Å²) >= 11 is 0. The van der Waals surface area contributed by atoms with Gasteiger partial charge < -0.3 is 14.2 Å². The van der Waals surface area contributed by atoms with Crippen LogP contribution >= 0.6 is 0 Å². The molecule has 0 unspecified atom stereocenters. The van der Waals surface area contributed by atoms with Gasteiger partial charge in [0.2, 0.25) is 0 Å². The van der Waals surface area contributed by atoms with E-state index in [1.165, 1.54) is 0 Å². The van der Waals surface area contributed by atoms with Crippen LogP contribution in [0.15, 0.2) is 72.0 Å². The summed E-state index contributed by atoms with van der Waals surface area (Å²) in [4.78, 5) is 34.8. The molecule has 0 saturated heterocycles. The van der Waals surface area contributed by atoms with Crippen LogP contribution in [0.1, 0.15) is 32.6 Å². The second-order valence-electron chi connectivity index (χ2n) is 5.78. The second-order valence-corrected chi connectivity index (χ2v) is 5.78. The molecule has 0 saturated carbocycles. The predicted octanol–water partition coefficient (Wildman–Crippen LogP) is 3.54. The first-order valence-electron chi connectivity index (χ1n) is 8.12. The van der Waals surface area contributed by atoms with Crippen LogP contribution in [0.3, 0.4) is 0 Å². The van der Waals surface area contributed by atoms with E-state index in [1.807, 2.05) is 0 Å². The lowest BCUT2D eigenvalue weighted by Gasteiger charge is -2.17. The summed E-state index contributed by atoms with van der Waals surface area (Å²) in [6.45, 7) is 8.42. The average Bonchev–Trinajstić information content (AvgIpc) is 2.63. The Kier molecular flexibility index (Phi) is 6.49. The van der Waals surface area contributed by atoms with Crippen LogP contribution < -0.4 is 0 Å². The Labute approximate surface area is 151 Å². The minimum Gasteiger partial charge on any atom is -0.428 e. The van der Waals surface area contributed by atoms with Gasteiger partial charge in [0.25, 0.3) is 0 Å². The van der Waals surface area contributed by atoms with Gasteiger partial charge in [-0.2, -0.15) is 0 Å². The van der Waals surface area contributed by atoms with Gasteiger partial charge in [0, 0.05) is 36.5 Å². The number of esters is 3. The first kappa shape index (κ1) is 19.2. The largest absolute Gasteiger partial charge is 0.428 e. The summed E-state index contributed by atoms with van der Waals surface area (Å²) < 4.78 is 15.5. The molecular weight excluding hydrogens is 336 g/mol. The van der Waals surface area contributed by atoms with Gasteiger partial charge in [-0.3, -0.25) is 0 Å². The van der Waals surface area contributed by atoms with Crippen LogP contribution in [-0.4, -0.2) is 17.9 Å². The number of allylic oxidation sites excluding steroid dienone is 7. The van der Waals surface area contributed by atoms with Gasteiger partial charge in [-0.25, -0.2) is 14.4 Å². The average molecular weight is 356 g/mol. The Morgan fingerprint density at radius 2 is 1.42 bits per heavy atom. The monoisotopic (exact) mass is 356 g/mol. The Morgan fingerprint density at radius 1 is 0.885 bits per heavy atom. The minimum absolute atomic E-state index is 0.315. The van der Waals surface area contributed by atoms with Gasteiger partial charge in [-0.05, 0) is 37.6 Å². The molecule has 0 heterocycles.